The van der Waals surface area contributed by atoms with Crippen molar-refractivity contribution < 1.29 is 9.53 Å². The number of carbonyl (C=O) groups excluding carboxylic acids is 1. The van der Waals surface area contributed by atoms with Crippen LogP contribution in [0.3, 0.4) is 0 Å². The molecule has 0 aliphatic heterocycles. The number of nitrogens with zero attached hydrogens (tertiary/aromatic N) is 1. The third kappa shape index (κ3) is 4.73. The van der Waals surface area contributed by atoms with Gasteiger partial charge < -0.3 is 10.1 Å². The van der Waals surface area contributed by atoms with Crippen LogP contribution < -0.4 is 10.1 Å². The van der Waals surface area contributed by atoms with Gasteiger partial charge in [0.1, 0.15) is 11.8 Å². The topological polar surface area (TPSA) is 62.1 Å². The molecule has 3 aromatic carbocycles. The number of benzene rings is 3. The molecule has 0 radical (unpaired) electrons. The zero-order chi connectivity index (χ0) is 19.8. The van der Waals surface area contributed by atoms with E-state index in [2.05, 4.69) is 11.4 Å². The Morgan fingerprint density at radius 1 is 1.00 bits per heavy atom. The van der Waals surface area contributed by atoms with E-state index in [0.29, 0.717) is 24.3 Å². The van der Waals surface area contributed by atoms with Gasteiger partial charge in [-0.25, -0.2) is 0 Å². The lowest BCUT2D eigenvalue weighted by atomic mass is 10.1. The molecule has 0 aromatic heterocycles. The summed E-state index contributed by atoms with van der Waals surface area (Å²) in [6.45, 7) is 2.88. The fourth-order valence-corrected chi connectivity index (χ4v) is 3.75. The molecular weight excluding hydrogens is 368 g/mol. The maximum atomic E-state index is 12.8. The summed E-state index contributed by atoms with van der Waals surface area (Å²) in [5.74, 6) is 0.611. The van der Waals surface area contributed by atoms with Crippen molar-refractivity contribution in [2.75, 3.05) is 6.61 Å². The molecule has 0 fully saturated rings. The zero-order valence-corrected chi connectivity index (χ0v) is 16.3. The highest BCUT2D eigenvalue weighted by Crippen LogP contribution is 2.32. The first-order valence-electron chi connectivity index (χ1n) is 8.98. The number of ether oxygens (including phenoxy) is 1. The Balaban J connectivity index is 1.77. The van der Waals surface area contributed by atoms with Crippen LogP contribution in [0.1, 0.15) is 28.4 Å². The molecule has 0 saturated heterocycles. The summed E-state index contributed by atoms with van der Waals surface area (Å²) in [7, 11) is 0. The summed E-state index contributed by atoms with van der Waals surface area (Å²) in [6, 6.07) is 24.6. The molecule has 0 spiro atoms. The smallest absolute Gasteiger partial charge is 0.252 e. The molecule has 0 aliphatic rings. The van der Waals surface area contributed by atoms with E-state index in [1.165, 1.54) is 11.8 Å². The second-order valence-corrected chi connectivity index (χ2v) is 7.01. The fourth-order valence-electron chi connectivity index (χ4n) is 2.73. The summed E-state index contributed by atoms with van der Waals surface area (Å²) in [5.41, 5.74) is 2.10. The van der Waals surface area contributed by atoms with Crippen molar-refractivity contribution in [3.63, 3.8) is 0 Å². The molecule has 1 N–H and O–H groups in total. The van der Waals surface area contributed by atoms with Gasteiger partial charge in [0.2, 0.25) is 0 Å². The molecule has 0 saturated carbocycles. The molecule has 5 heteroatoms. The SMILES string of the molecule is CCOc1ccccc1CNC(=O)c1ccccc1Sc1ccccc1C#N. The molecule has 0 atom stereocenters. The van der Waals surface area contributed by atoms with Crippen LogP contribution in [0, 0.1) is 11.3 Å². The minimum absolute atomic E-state index is 0.163. The van der Waals surface area contributed by atoms with Crippen molar-refractivity contribution in [1.82, 2.24) is 5.32 Å². The average molecular weight is 388 g/mol. The van der Waals surface area contributed by atoms with E-state index < -0.39 is 0 Å². The number of nitrogens with one attached hydrogen (secondary N) is 1. The molecule has 28 heavy (non-hydrogen) atoms. The highest BCUT2D eigenvalue weighted by Gasteiger charge is 2.14. The highest BCUT2D eigenvalue weighted by atomic mass is 32.2. The third-order valence-electron chi connectivity index (χ3n) is 4.07. The van der Waals surface area contributed by atoms with E-state index in [-0.39, 0.29) is 5.91 Å². The van der Waals surface area contributed by atoms with Gasteiger partial charge in [-0.1, -0.05) is 54.2 Å². The van der Waals surface area contributed by atoms with Gasteiger partial charge in [0, 0.05) is 21.9 Å². The standard InChI is InChI=1S/C23H20N2O2S/c1-2-27-20-12-6-3-10-18(20)16-25-23(26)19-11-5-8-14-22(19)28-21-13-7-4-9-17(21)15-24/h3-14H,2,16H2,1H3,(H,25,26). The molecule has 3 aromatic rings. The van der Waals surface area contributed by atoms with Crippen LogP contribution in [0.25, 0.3) is 0 Å². The Kier molecular flexibility index (Phi) is 6.72. The highest BCUT2D eigenvalue weighted by molar-refractivity contribution is 7.99. The monoisotopic (exact) mass is 388 g/mol. The largest absolute Gasteiger partial charge is 0.494 e. The Hall–Kier alpha value is -3.23. The van der Waals surface area contributed by atoms with Gasteiger partial charge in [-0.15, -0.1) is 0 Å². The van der Waals surface area contributed by atoms with Crippen molar-refractivity contribution in [3.05, 3.63) is 89.5 Å². The normalized spacial score (nSPS) is 10.1. The molecule has 3 rings (SSSR count). The van der Waals surface area contributed by atoms with E-state index in [9.17, 15) is 10.1 Å². The lowest BCUT2D eigenvalue weighted by molar-refractivity contribution is 0.0947. The molecular formula is C23H20N2O2S. The van der Waals surface area contributed by atoms with Gasteiger partial charge in [0.05, 0.1) is 17.7 Å². The first-order chi connectivity index (χ1) is 13.7. The van der Waals surface area contributed by atoms with Gasteiger partial charge >= 0.3 is 0 Å². The van der Waals surface area contributed by atoms with Crippen molar-refractivity contribution in [2.45, 2.75) is 23.3 Å². The van der Waals surface area contributed by atoms with Crippen LogP contribution in [0.2, 0.25) is 0 Å². The van der Waals surface area contributed by atoms with E-state index >= 15 is 0 Å². The van der Waals surface area contributed by atoms with Gasteiger partial charge in [0.25, 0.3) is 5.91 Å². The number of hydrogen-bond donors (Lipinski definition) is 1. The summed E-state index contributed by atoms with van der Waals surface area (Å²) >= 11 is 1.42. The molecule has 0 unspecified atom stereocenters. The van der Waals surface area contributed by atoms with Gasteiger partial charge in [0.15, 0.2) is 0 Å². The number of nitriles is 1. The Labute approximate surface area is 169 Å². The summed E-state index contributed by atoms with van der Waals surface area (Å²) in [6.07, 6.45) is 0. The molecule has 0 heterocycles. The predicted molar refractivity (Wildman–Crippen MR) is 111 cm³/mol. The second-order valence-electron chi connectivity index (χ2n) is 5.93. The fraction of sp³-hybridized carbons (Fsp3) is 0.130. The van der Waals surface area contributed by atoms with Crippen LogP contribution in [0.4, 0.5) is 0 Å². The van der Waals surface area contributed by atoms with Crippen molar-refractivity contribution >= 4 is 17.7 Å². The van der Waals surface area contributed by atoms with E-state index in [1.807, 2.05) is 67.6 Å². The Morgan fingerprint density at radius 3 is 2.46 bits per heavy atom. The number of para-hydroxylation sites is 1. The van der Waals surface area contributed by atoms with Crippen molar-refractivity contribution in [3.8, 4) is 11.8 Å². The first kappa shape index (κ1) is 19.5. The van der Waals surface area contributed by atoms with Crippen LogP contribution >= 0.6 is 11.8 Å². The van der Waals surface area contributed by atoms with Crippen LogP contribution in [0.15, 0.2) is 82.6 Å². The zero-order valence-electron chi connectivity index (χ0n) is 15.5. The van der Waals surface area contributed by atoms with Gasteiger partial charge in [-0.2, -0.15) is 5.26 Å². The first-order valence-corrected chi connectivity index (χ1v) is 9.79. The van der Waals surface area contributed by atoms with Crippen LogP contribution in [-0.4, -0.2) is 12.5 Å². The summed E-state index contributed by atoms with van der Waals surface area (Å²) < 4.78 is 5.62. The minimum Gasteiger partial charge on any atom is -0.494 e. The summed E-state index contributed by atoms with van der Waals surface area (Å²) in [4.78, 5) is 14.5. The van der Waals surface area contributed by atoms with Crippen molar-refractivity contribution in [1.29, 1.82) is 5.26 Å². The lowest BCUT2D eigenvalue weighted by Gasteiger charge is -2.13. The molecule has 0 bridgehead atoms. The Bertz CT molecular complexity index is 1010. The van der Waals surface area contributed by atoms with E-state index in [0.717, 1.165) is 21.1 Å². The van der Waals surface area contributed by atoms with E-state index in [4.69, 9.17) is 4.74 Å². The van der Waals surface area contributed by atoms with Crippen molar-refractivity contribution in [2.24, 2.45) is 0 Å². The maximum Gasteiger partial charge on any atom is 0.252 e. The van der Waals surface area contributed by atoms with Gasteiger partial charge in [-0.05, 0) is 37.3 Å². The van der Waals surface area contributed by atoms with Crippen LogP contribution in [0.5, 0.6) is 5.75 Å². The Morgan fingerprint density at radius 2 is 1.68 bits per heavy atom. The quantitative estimate of drug-likeness (QED) is 0.616. The summed E-state index contributed by atoms with van der Waals surface area (Å²) in [5, 5.41) is 12.3. The molecule has 4 nitrogen and oxygen atoms in total. The predicted octanol–water partition coefficient (Wildman–Crippen LogP) is 5.04. The van der Waals surface area contributed by atoms with Crippen LogP contribution in [-0.2, 0) is 6.54 Å². The number of amides is 1. The average Bonchev–Trinajstić information content (AvgIpc) is 2.74. The molecule has 140 valence electrons. The maximum absolute atomic E-state index is 12.8. The number of rotatable bonds is 7. The second kappa shape index (κ2) is 9.63. The number of carbonyl (C=O) groups is 1. The third-order valence-corrected chi connectivity index (χ3v) is 5.22. The lowest BCUT2D eigenvalue weighted by Crippen LogP contribution is -2.23. The molecule has 0 aliphatic carbocycles. The molecule has 1 amide bonds. The van der Waals surface area contributed by atoms with Gasteiger partial charge in [-0.3, -0.25) is 4.79 Å². The van der Waals surface area contributed by atoms with E-state index in [1.54, 1.807) is 12.1 Å². The minimum atomic E-state index is -0.163. The number of hydrogen-bond acceptors (Lipinski definition) is 4.